The Kier molecular flexibility index (Phi) is 12.7. The minimum atomic E-state index is -0.0638. The highest BCUT2D eigenvalue weighted by atomic mass is 15.2. The Morgan fingerprint density at radius 2 is 0.714 bits per heavy atom. The van der Waals surface area contributed by atoms with Crippen molar-refractivity contribution in [3.8, 4) is 33.4 Å². The standard InChI is InChI=1S/C68H60N2/c1-50-16-20-54(21-17-50)58-28-40-64(41-29-58)70(65-42-30-59(31-43-65)55-22-18-51(2)19-23-55)67-46-34-61(35-47-67)68(48-10-5-11-49-68)60-32-44-66(45-33-60)69(62-36-24-56(25-37-62)52-12-6-3-7-13-52)63-38-26-57(27-39-63)53-14-8-4-9-15-53/h3-4,6-9,12-38,40-47,63H,5,10-11,39,48-49H2,1-2H3. The van der Waals surface area contributed by atoms with Crippen LogP contribution in [0.25, 0.3) is 39.0 Å². The topological polar surface area (TPSA) is 6.48 Å². The quantitative estimate of drug-likeness (QED) is 0.121. The first-order valence-electron chi connectivity index (χ1n) is 25.2. The summed E-state index contributed by atoms with van der Waals surface area (Å²) in [6.45, 7) is 4.28. The summed E-state index contributed by atoms with van der Waals surface area (Å²) < 4.78 is 0. The summed E-state index contributed by atoms with van der Waals surface area (Å²) in [5, 5.41) is 0. The Morgan fingerprint density at radius 1 is 0.357 bits per heavy atom. The van der Waals surface area contributed by atoms with Crippen LogP contribution in [0.5, 0.6) is 0 Å². The van der Waals surface area contributed by atoms with Crippen molar-refractivity contribution in [3.63, 3.8) is 0 Å². The molecule has 0 bridgehead atoms. The van der Waals surface area contributed by atoms with Gasteiger partial charge >= 0.3 is 0 Å². The van der Waals surface area contributed by atoms with Gasteiger partial charge in [0.2, 0.25) is 0 Å². The fraction of sp³-hybridized carbons (Fsp3) is 0.147. The lowest BCUT2D eigenvalue weighted by Gasteiger charge is -2.39. The van der Waals surface area contributed by atoms with Gasteiger partial charge in [0.15, 0.2) is 0 Å². The first-order chi connectivity index (χ1) is 34.5. The molecule has 0 aromatic heterocycles. The Balaban J connectivity index is 0.920. The molecule has 0 aliphatic heterocycles. The van der Waals surface area contributed by atoms with Gasteiger partial charge in [0.25, 0.3) is 0 Å². The number of hydrogen-bond acceptors (Lipinski definition) is 2. The molecule has 2 heteroatoms. The van der Waals surface area contributed by atoms with E-state index >= 15 is 0 Å². The zero-order valence-corrected chi connectivity index (χ0v) is 40.4. The van der Waals surface area contributed by atoms with Crippen molar-refractivity contribution in [2.45, 2.75) is 63.8 Å². The van der Waals surface area contributed by atoms with E-state index in [-0.39, 0.29) is 11.5 Å². The normalized spacial score (nSPS) is 15.2. The third-order valence-corrected chi connectivity index (χ3v) is 14.9. The molecule has 2 nitrogen and oxygen atoms in total. The number of hydrogen-bond donors (Lipinski definition) is 0. The molecule has 1 fully saturated rings. The molecule has 11 rings (SSSR count). The maximum Gasteiger partial charge on any atom is 0.0560 e. The van der Waals surface area contributed by atoms with E-state index in [2.05, 4.69) is 272 Å². The molecule has 342 valence electrons. The third-order valence-electron chi connectivity index (χ3n) is 14.9. The van der Waals surface area contributed by atoms with Crippen molar-refractivity contribution in [1.29, 1.82) is 0 Å². The molecule has 2 aliphatic rings. The van der Waals surface area contributed by atoms with Crippen LogP contribution in [0.3, 0.4) is 0 Å². The lowest BCUT2D eigenvalue weighted by atomic mass is 9.65. The number of nitrogens with zero attached hydrogens (tertiary/aromatic N) is 2. The fourth-order valence-corrected chi connectivity index (χ4v) is 10.9. The minimum Gasteiger partial charge on any atom is -0.334 e. The molecule has 9 aromatic carbocycles. The van der Waals surface area contributed by atoms with E-state index in [1.807, 2.05) is 0 Å². The van der Waals surface area contributed by atoms with Gasteiger partial charge in [-0.25, -0.2) is 0 Å². The molecule has 1 atom stereocenters. The smallest absolute Gasteiger partial charge is 0.0560 e. The molecule has 0 radical (unpaired) electrons. The molecule has 2 aliphatic carbocycles. The zero-order valence-electron chi connectivity index (χ0n) is 40.4. The monoisotopic (exact) mass is 904 g/mol. The second-order valence-corrected chi connectivity index (χ2v) is 19.4. The van der Waals surface area contributed by atoms with Gasteiger partial charge in [-0.1, -0.05) is 218 Å². The van der Waals surface area contributed by atoms with Crippen LogP contribution >= 0.6 is 0 Å². The van der Waals surface area contributed by atoms with E-state index in [0.717, 1.165) is 36.3 Å². The Hall–Kier alpha value is -7.94. The lowest BCUT2D eigenvalue weighted by Crippen LogP contribution is -2.32. The van der Waals surface area contributed by atoms with Gasteiger partial charge in [0.05, 0.1) is 6.04 Å². The molecule has 0 saturated heterocycles. The van der Waals surface area contributed by atoms with E-state index in [9.17, 15) is 0 Å². The van der Waals surface area contributed by atoms with Gasteiger partial charge in [-0.3, -0.25) is 0 Å². The number of rotatable bonds is 12. The molecule has 70 heavy (non-hydrogen) atoms. The second kappa shape index (κ2) is 20.0. The summed E-state index contributed by atoms with van der Waals surface area (Å²) in [5.41, 5.74) is 21.0. The van der Waals surface area contributed by atoms with E-state index in [0.29, 0.717) is 0 Å². The Morgan fingerprint density at radius 3 is 1.13 bits per heavy atom. The largest absolute Gasteiger partial charge is 0.334 e. The Bertz CT molecular complexity index is 3110. The van der Waals surface area contributed by atoms with Crippen molar-refractivity contribution in [1.82, 2.24) is 0 Å². The van der Waals surface area contributed by atoms with Crippen molar-refractivity contribution in [2.75, 3.05) is 9.80 Å². The lowest BCUT2D eigenvalue weighted by molar-refractivity contribution is 0.346. The van der Waals surface area contributed by atoms with Crippen molar-refractivity contribution in [2.24, 2.45) is 0 Å². The van der Waals surface area contributed by atoms with Crippen molar-refractivity contribution < 1.29 is 0 Å². The van der Waals surface area contributed by atoms with E-state index in [1.165, 1.54) is 97.4 Å². The SMILES string of the molecule is Cc1ccc(-c2ccc(N(c3ccc(-c4ccc(C)cc4)cc3)c3ccc(C4(c5ccc(N(c6ccc(-c7ccccc7)cc6)C6C=CC(c7ccccc7)=CC6)cc5)CCCCC4)cc3)cc2)cc1. The summed E-state index contributed by atoms with van der Waals surface area (Å²) in [6.07, 6.45) is 14.0. The highest BCUT2D eigenvalue weighted by Gasteiger charge is 2.36. The summed E-state index contributed by atoms with van der Waals surface area (Å²) >= 11 is 0. The summed E-state index contributed by atoms with van der Waals surface area (Å²) in [7, 11) is 0. The average Bonchev–Trinajstić information content (AvgIpc) is 3.43. The molecule has 1 saturated carbocycles. The summed E-state index contributed by atoms with van der Waals surface area (Å²) in [6, 6.07) is 85.7. The van der Waals surface area contributed by atoms with E-state index in [4.69, 9.17) is 0 Å². The van der Waals surface area contributed by atoms with Gasteiger partial charge in [-0.05, 0) is 149 Å². The van der Waals surface area contributed by atoms with E-state index in [1.54, 1.807) is 0 Å². The van der Waals surface area contributed by atoms with Crippen LogP contribution in [-0.2, 0) is 5.41 Å². The number of anilines is 5. The maximum absolute atomic E-state index is 2.53. The van der Waals surface area contributed by atoms with Crippen LogP contribution in [-0.4, -0.2) is 6.04 Å². The highest BCUT2D eigenvalue weighted by molar-refractivity contribution is 5.81. The number of benzene rings is 9. The van der Waals surface area contributed by atoms with Crippen LogP contribution in [0.2, 0.25) is 0 Å². The number of allylic oxidation sites excluding steroid dienone is 2. The highest BCUT2D eigenvalue weighted by Crippen LogP contribution is 2.47. The zero-order chi connectivity index (χ0) is 47.3. The first-order valence-corrected chi connectivity index (χ1v) is 25.2. The predicted octanol–water partition coefficient (Wildman–Crippen LogP) is 18.6. The molecule has 0 spiro atoms. The van der Waals surface area contributed by atoms with Gasteiger partial charge in [0, 0.05) is 33.9 Å². The predicted molar refractivity (Wildman–Crippen MR) is 298 cm³/mol. The molecule has 0 N–H and O–H groups in total. The van der Waals surface area contributed by atoms with Gasteiger partial charge in [-0.15, -0.1) is 0 Å². The maximum atomic E-state index is 2.53. The van der Waals surface area contributed by atoms with Crippen LogP contribution in [0.1, 0.15) is 66.3 Å². The van der Waals surface area contributed by atoms with Gasteiger partial charge in [0.1, 0.15) is 0 Å². The third kappa shape index (κ3) is 9.30. The van der Waals surface area contributed by atoms with Crippen LogP contribution in [0.4, 0.5) is 28.4 Å². The Labute approximate surface area is 415 Å². The van der Waals surface area contributed by atoms with Crippen LogP contribution in [0.15, 0.2) is 249 Å². The van der Waals surface area contributed by atoms with Crippen molar-refractivity contribution in [3.05, 3.63) is 277 Å². The van der Waals surface area contributed by atoms with Gasteiger partial charge in [-0.2, -0.15) is 0 Å². The molecule has 9 aromatic rings. The molecular formula is C68H60N2. The molecular weight excluding hydrogens is 845 g/mol. The van der Waals surface area contributed by atoms with Crippen LogP contribution in [0, 0.1) is 13.8 Å². The molecule has 0 heterocycles. The van der Waals surface area contributed by atoms with Gasteiger partial charge < -0.3 is 9.80 Å². The number of aryl methyl sites for hydroxylation is 2. The molecule has 0 amide bonds. The summed E-state index contributed by atoms with van der Waals surface area (Å²) in [4.78, 5) is 4.94. The fourth-order valence-electron chi connectivity index (χ4n) is 10.9. The second-order valence-electron chi connectivity index (χ2n) is 19.4. The first kappa shape index (κ1) is 44.6. The van der Waals surface area contributed by atoms with Crippen molar-refractivity contribution >= 4 is 34.0 Å². The summed E-state index contributed by atoms with van der Waals surface area (Å²) in [5.74, 6) is 0. The average molecular weight is 905 g/mol. The van der Waals surface area contributed by atoms with E-state index < -0.39 is 0 Å². The minimum absolute atomic E-state index is 0.0638. The van der Waals surface area contributed by atoms with Crippen LogP contribution < -0.4 is 9.80 Å². The molecule has 1 unspecified atom stereocenters.